The molecule has 7 nitrogen and oxygen atoms in total. The number of hydrogen-bond donors (Lipinski definition) is 0. The van der Waals surface area contributed by atoms with Crippen LogP contribution in [0.4, 0.5) is 5.95 Å². The fourth-order valence-corrected chi connectivity index (χ4v) is 2.84. The van der Waals surface area contributed by atoms with Crippen LogP contribution in [0.15, 0.2) is 30.7 Å². The van der Waals surface area contributed by atoms with Crippen molar-refractivity contribution in [3.63, 3.8) is 0 Å². The first-order chi connectivity index (χ1) is 12.1. The number of anilines is 1. The van der Waals surface area contributed by atoms with Crippen LogP contribution in [-0.2, 0) is 16.1 Å². The van der Waals surface area contributed by atoms with Gasteiger partial charge in [0.1, 0.15) is 6.10 Å². The first-order valence-corrected chi connectivity index (χ1v) is 8.36. The summed E-state index contributed by atoms with van der Waals surface area (Å²) < 4.78 is 5.51. The number of amides is 1. The number of ether oxygens (including phenoxy) is 1. The van der Waals surface area contributed by atoms with E-state index in [0.717, 1.165) is 29.7 Å². The molecule has 2 aromatic rings. The normalized spacial score (nSPS) is 16.7. The van der Waals surface area contributed by atoms with E-state index in [1.165, 1.54) is 0 Å². The molecule has 0 spiro atoms. The lowest BCUT2D eigenvalue weighted by atomic mass is 10.1. The number of likely N-dealkylation sites (N-methyl/N-ethyl adjacent to an activating group) is 1. The van der Waals surface area contributed by atoms with Crippen LogP contribution in [0.25, 0.3) is 11.1 Å². The Bertz CT molecular complexity index is 730. The molecule has 0 saturated carbocycles. The number of hydrogen-bond acceptors (Lipinski definition) is 6. The third-order valence-corrected chi connectivity index (χ3v) is 4.21. The van der Waals surface area contributed by atoms with Gasteiger partial charge in [-0.1, -0.05) is 0 Å². The Balaban J connectivity index is 1.89. The van der Waals surface area contributed by atoms with Crippen LogP contribution >= 0.6 is 0 Å². The zero-order chi connectivity index (χ0) is 17.8. The Labute approximate surface area is 147 Å². The molecular formula is C18H23N5O2. The molecule has 0 radical (unpaired) electrons. The number of rotatable bonds is 5. The second-order valence-electron chi connectivity index (χ2n) is 6.36. The molecule has 25 heavy (non-hydrogen) atoms. The van der Waals surface area contributed by atoms with Gasteiger partial charge >= 0.3 is 0 Å². The minimum absolute atomic E-state index is 0.00296. The number of pyridine rings is 1. The van der Waals surface area contributed by atoms with Crippen LogP contribution in [0.1, 0.15) is 18.5 Å². The molecule has 7 heteroatoms. The highest BCUT2D eigenvalue weighted by molar-refractivity contribution is 5.81. The summed E-state index contributed by atoms with van der Waals surface area (Å²) in [5.74, 6) is 0.619. The van der Waals surface area contributed by atoms with Gasteiger partial charge in [0.05, 0.1) is 12.2 Å². The van der Waals surface area contributed by atoms with Crippen LogP contribution in [0.5, 0.6) is 0 Å². The van der Waals surface area contributed by atoms with Gasteiger partial charge in [-0.3, -0.25) is 9.78 Å². The highest BCUT2D eigenvalue weighted by Gasteiger charge is 2.27. The van der Waals surface area contributed by atoms with Crippen molar-refractivity contribution in [3.8, 4) is 11.1 Å². The number of aromatic nitrogens is 3. The van der Waals surface area contributed by atoms with E-state index in [0.29, 0.717) is 19.1 Å². The molecular weight excluding hydrogens is 318 g/mol. The van der Waals surface area contributed by atoms with E-state index < -0.39 is 0 Å². The van der Waals surface area contributed by atoms with Gasteiger partial charge in [-0.25, -0.2) is 9.97 Å². The van der Waals surface area contributed by atoms with Gasteiger partial charge in [0.25, 0.3) is 5.91 Å². The van der Waals surface area contributed by atoms with E-state index in [2.05, 4.69) is 15.0 Å². The van der Waals surface area contributed by atoms with Crippen LogP contribution in [0.2, 0.25) is 0 Å². The average Bonchev–Trinajstić information content (AvgIpc) is 3.16. The van der Waals surface area contributed by atoms with Gasteiger partial charge in [-0.2, -0.15) is 0 Å². The monoisotopic (exact) mass is 341 g/mol. The minimum atomic E-state index is -0.329. The Morgan fingerprint density at radius 3 is 2.68 bits per heavy atom. The summed E-state index contributed by atoms with van der Waals surface area (Å²) in [6.45, 7) is 1.06. The summed E-state index contributed by atoms with van der Waals surface area (Å²) in [4.78, 5) is 29.2. The fourth-order valence-electron chi connectivity index (χ4n) is 2.84. The Morgan fingerprint density at radius 2 is 2.04 bits per heavy atom. The van der Waals surface area contributed by atoms with E-state index in [1.54, 1.807) is 30.5 Å². The maximum atomic E-state index is 12.6. The first kappa shape index (κ1) is 17.3. The number of carbonyl (C=O) groups is 1. The summed E-state index contributed by atoms with van der Waals surface area (Å²) in [5.41, 5.74) is 2.69. The zero-order valence-corrected chi connectivity index (χ0v) is 14.8. The third-order valence-electron chi connectivity index (χ3n) is 4.21. The lowest BCUT2D eigenvalue weighted by molar-refractivity contribution is -0.140. The van der Waals surface area contributed by atoms with Crippen molar-refractivity contribution in [2.45, 2.75) is 25.5 Å². The lowest BCUT2D eigenvalue weighted by Crippen LogP contribution is -2.36. The van der Waals surface area contributed by atoms with Gasteiger partial charge in [-0.05, 0) is 30.5 Å². The zero-order valence-electron chi connectivity index (χ0n) is 14.8. The van der Waals surface area contributed by atoms with Crippen LogP contribution in [0.3, 0.4) is 0 Å². The Hall–Kier alpha value is -2.54. The van der Waals surface area contributed by atoms with Crippen molar-refractivity contribution < 1.29 is 9.53 Å². The second-order valence-corrected chi connectivity index (χ2v) is 6.36. The highest BCUT2D eigenvalue weighted by Crippen LogP contribution is 2.24. The summed E-state index contributed by atoms with van der Waals surface area (Å²) in [6, 6.07) is 3.83. The molecule has 1 aliphatic heterocycles. The summed E-state index contributed by atoms with van der Waals surface area (Å²) in [6.07, 6.45) is 6.67. The van der Waals surface area contributed by atoms with E-state index in [4.69, 9.17) is 4.74 Å². The number of carbonyl (C=O) groups excluding carboxylic acids is 1. The van der Waals surface area contributed by atoms with Crippen molar-refractivity contribution >= 4 is 11.9 Å². The predicted octanol–water partition coefficient (Wildman–Crippen LogP) is 1.74. The van der Waals surface area contributed by atoms with E-state index >= 15 is 0 Å². The van der Waals surface area contributed by atoms with Crippen molar-refractivity contribution in [1.29, 1.82) is 0 Å². The molecule has 1 fully saturated rings. The summed E-state index contributed by atoms with van der Waals surface area (Å²) in [7, 11) is 5.58. The lowest BCUT2D eigenvalue weighted by Gasteiger charge is -2.22. The minimum Gasteiger partial charge on any atom is -0.368 e. The first-order valence-electron chi connectivity index (χ1n) is 8.36. The smallest absolute Gasteiger partial charge is 0.251 e. The van der Waals surface area contributed by atoms with E-state index in [-0.39, 0.29) is 12.0 Å². The molecule has 0 unspecified atom stereocenters. The van der Waals surface area contributed by atoms with Crippen molar-refractivity contribution in [3.05, 3.63) is 36.4 Å². The third kappa shape index (κ3) is 3.93. The molecule has 1 atom stereocenters. The molecule has 0 N–H and O–H groups in total. The largest absolute Gasteiger partial charge is 0.368 e. The predicted molar refractivity (Wildman–Crippen MR) is 95.0 cm³/mol. The molecule has 1 amide bonds. The maximum Gasteiger partial charge on any atom is 0.251 e. The van der Waals surface area contributed by atoms with Crippen molar-refractivity contribution in [1.82, 2.24) is 19.9 Å². The molecule has 0 aliphatic carbocycles. The van der Waals surface area contributed by atoms with Crippen LogP contribution in [-0.4, -0.2) is 59.6 Å². The van der Waals surface area contributed by atoms with Gasteiger partial charge in [-0.15, -0.1) is 0 Å². The summed E-state index contributed by atoms with van der Waals surface area (Å²) >= 11 is 0. The van der Waals surface area contributed by atoms with Crippen LogP contribution in [0, 0.1) is 0 Å². The Morgan fingerprint density at radius 1 is 1.28 bits per heavy atom. The molecule has 3 heterocycles. The fraction of sp³-hybridized carbons (Fsp3) is 0.444. The van der Waals surface area contributed by atoms with E-state index in [1.807, 2.05) is 31.1 Å². The van der Waals surface area contributed by atoms with Gasteiger partial charge in [0.2, 0.25) is 5.95 Å². The highest BCUT2D eigenvalue weighted by atomic mass is 16.5. The van der Waals surface area contributed by atoms with E-state index in [9.17, 15) is 4.79 Å². The standard InChI is InChI=1S/C18H23N5O2/c1-22(2)18-20-11-14(13-6-8-19-9-7-13)15(21-18)12-23(3)17(24)16-5-4-10-25-16/h6-9,11,16H,4-5,10,12H2,1-3H3/t16-/m1/s1. The van der Waals surface area contributed by atoms with Gasteiger partial charge in [0, 0.05) is 51.9 Å². The Kier molecular flexibility index (Phi) is 5.23. The SMILES string of the molecule is CN(Cc1nc(N(C)C)ncc1-c1ccncc1)C(=O)[C@H]1CCCO1. The second kappa shape index (κ2) is 7.57. The maximum absolute atomic E-state index is 12.6. The molecule has 1 aliphatic rings. The molecule has 3 rings (SSSR count). The molecule has 132 valence electrons. The topological polar surface area (TPSA) is 71.5 Å². The number of nitrogens with zero attached hydrogens (tertiary/aromatic N) is 5. The molecule has 2 aromatic heterocycles. The van der Waals surface area contributed by atoms with Gasteiger partial charge in [0.15, 0.2) is 0 Å². The molecule has 0 bridgehead atoms. The quantitative estimate of drug-likeness (QED) is 0.825. The summed E-state index contributed by atoms with van der Waals surface area (Å²) in [5, 5.41) is 0. The molecule has 1 saturated heterocycles. The van der Waals surface area contributed by atoms with Crippen LogP contribution < -0.4 is 4.90 Å². The molecule has 0 aromatic carbocycles. The van der Waals surface area contributed by atoms with Crippen molar-refractivity contribution in [2.24, 2.45) is 0 Å². The van der Waals surface area contributed by atoms with Crippen molar-refractivity contribution in [2.75, 3.05) is 32.6 Å². The average molecular weight is 341 g/mol. The van der Waals surface area contributed by atoms with Gasteiger partial charge < -0.3 is 14.5 Å².